The van der Waals surface area contributed by atoms with Gasteiger partial charge in [0.05, 0.1) is 25.4 Å². The molecule has 4 aromatic rings. The Bertz CT molecular complexity index is 1700. The SMILES string of the molecule is CCOC(=O)CNC(=O)NCc1cccc(-c2ccc([C@@H]3O[C@H](CSc4ccc(NC(C)=O)cc4)C[C@H](c4ccc(CO)cc4)O3)cc2)c1. The summed E-state index contributed by atoms with van der Waals surface area (Å²) < 4.78 is 17.9. The van der Waals surface area contributed by atoms with E-state index >= 15 is 0 Å². The van der Waals surface area contributed by atoms with Gasteiger partial charge in [-0.25, -0.2) is 4.79 Å². The van der Waals surface area contributed by atoms with Crippen molar-refractivity contribution in [2.75, 3.05) is 24.2 Å². The van der Waals surface area contributed by atoms with Crippen LogP contribution in [0, 0.1) is 0 Å². The van der Waals surface area contributed by atoms with Crippen LogP contribution in [-0.4, -0.2) is 48.0 Å². The molecule has 49 heavy (non-hydrogen) atoms. The molecule has 0 aromatic heterocycles. The van der Waals surface area contributed by atoms with Gasteiger partial charge in [-0.2, -0.15) is 0 Å². The molecule has 5 rings (SSSR count). The Labute approximate surface area is 290 Å². The first-order chi connectivity index (χ1) is 23.8. The summed E-state index contributed by atoms with van der Waals surface area (Å²) in [6.45, 7) is 3.55. The number of carbonyl (C=O) groups is 3. The number of carbonyl (C=O) groups excluding carboxylic acids is 3. The number of ether oxygens (including phenoxy) is 3. The molecule has 1 saturated heterocycles. The minimum atomic E-state index is -0.582. The number of hydrogen-bond donors (Lipinski definition) is 4. The fraction of sp³-hybridized carbons (Fsp3) is 0.289. The molecule has 1 heterocycles. The number of esters is 1. The van der Waals surface area contributed by atoms with Crippen LogP contribution in [0.3, 0.4) is 0 Å². The standard InChI is InChI=1S/C38H41N3O7S/c1-3-46-36(44)22-40-38(45)39-21-27-5-4-6-31(19-27)28-11-13-30(14-12-28)37-47-33(20-35(48-37)29-9-7-26(23-42)8-10-29)24-49-34-17-15-32(16-18-34)41-25(2)43/h4-19,33,35,37,42H,3,20-24H2,1-2H3,(H,41,43)(H2,39,40,45)/t33-,35+,37+/m0/s1. The number of rotatable bonds is 13. The van der Waals surface area contributed by atoms with Gasteiger partial charge in [-0.05, 0) is 65.1 Å². The van der Waals surface area contributed by atoms with E-state index in [1.54, 1.807) is 18.7 Å². The van der Waals surface area contributed by atoms with Crippen molar-refractivity contribution in [1.29, 1.82) is 0 Å². The smallest absolute Gasteiger partial charge is 0.325 e. The topological polar surface area (TPSA) is 135 Å². The number of thioether (sulfide) groups is 1. The summed E-state index contributed by atoms with van der Waals surface area (Å²) in [5.74, 6) is 0.120. The lowest BCUT2D eigenvalue weighted by Gasteiger charge is -2.36. The maximum atomic E-state index is 12.1. The fourth-order valence-corrected chi connectivity index (χ4v) is 6.27. The average molecular weight is 684 g/mol. The minimum absolute atomic E-state index is 0.0181. The van der Waals surface area contributed by atoms with Crippen LogP contribution in [0.1, 0.15) is 54.9 Å². The van der Waals surface area contributed by atoms with Crippen LogP contribution in [0.15, 0.2) is 102 Å². The Morgan fingerprint density at radius 3 is 2.29 bits per heavy atom. The van der Waals surface area contributed by atoms with Crippen LogP contribution >= 0.6 is 11.8 Å². The number of aliphatic hydroxyl groups excluding tert-OH is 1. The Hall–Kier alpha value is -4.68. The molecular formula is C38H41N3O7S. The third-order valence-electron chi connectivity index (χ3n) is 7.82. The van der Waals surface area contributed by atoms with Gasteiger partial charge in [0.15, 0.2) is 6.29 Å². The molecule has 0 bridgehead atoms. The molecule has 10 nitrogen and oxygen atoms in total. The second-order valence-corrected chi connectivity index (χ2v) is 12.6. The van der Waals surface area contributed by atoms with Gasteiger partial charge in [-0.1, -0.05) is 66.7 Å². The summed E-state index contributed by atoms with van der Waals surface area (Å²) in [6.07, 6.45) is -0.204. The molecule has 0 saturated carbocycles. The number of anilines is 1. The maximum absolute atomic E-state index is 12.1. The van der Waals surface area contributed by atoms with E-state index in [2.05, 4.69) is 16.0 Å². The van der Waals surface area contributed by atoms with E-state index in [4.69, 9.17) is 14.2 Å². The quantitative estimate of drug-likeness (QED) is 0.0927. The lowest BCUT2D eigenvalue weighted by molar-refractivity contribution is -0.245. The van der Waals surface area contributed by atoms with E-state index in [0.29, 0.717) is 18.7 Å². The van der Waals surface area contributed by atoms with Crippen molar-refractivity contribution in [2.24, 2.45) is 0 Å². The first-order valence-electron chi connectivity index (χ1n) is 16.2. The second kappa shape index (κ2) is 17.6. The van der Waals surface area contributed by atoms with Crippen LogP contribution in [0.5, 0.6) is 0 Å². The van der Waals surface area contributed by atoms with E-state index in [1.165, 1.54) is 6.92 Å². The van der Waals surface area contributed by atoms with Crippen LogP contribution in [0.4, 0.5) is 10.5 Å². The lowest BCUT2D eigenvalue weighted by atomic mass is 9.99. The predicted octanol–water partition coefficient (Wildman–Crippen LogP) is 6.50. The summed E-state index contributed by atoms with van der Waals surface area (Å²) in [5.41, 5.74) is 6.42. The Morgan fingerprint density at radius 1 is 0.857 bits per heavy atom. The number of amides is 3. The van der Waals surface area contributed by atoms with Gasteiger partial charge in [0.2, 0.25) is 5.91 Å². The summed E-state index contributed by atoms with van der Waals surface area (Å²) in [4.78, 5) is 36.0. The average Bonchev–Trinajstić information content (AvgIpc) is 3.13. The van der Waals surface area contributed by atoms with E-state index < -0.39 is 18.3 Å². The van der Waals surface area contributed by atoms with E-state index in [-0.39, 0.29) is 37.9 Å². The molecule has 0 spiro atoms. The summed E-state index contributed by atoms with van der Waals surface area (Å²) in [7, 11) is 0. The van der Waals surface area contributed by atoms with Gasteiger partial charge in [0.25, 0.3) is 0 Å². The second-order valence-electron chi connectivity index (χ2n) is 11.5. The third-order valence-corrected chi connectivity index (χ3v) is 8.96. The van der Waals surface area contributed by atoms with Gasteiger partial charge in [0.1, 0.15) is 6.54 Å². The van der Waals surface area contributed by atoms with Crippen molar-refractivity contribution in [3.05, 3.63) is 119 Å². The van der Waals surface area contributed by atoms with Gasteiger partial charge >= 0.3 is 12.0 Å². The highest BCUT2D eigenvalue weighted by atomic mass is 32.2. The van der Waals surface area contributed by atoms with E-state index in [9.17, 15) is 19.5 Å². The largest absolute Gasteiger partial charge is 0.465 e. The zero-order chi connectivity index (χ0) is 34.6. The van der Waals surface area contributed by atoms with Crippen molar-refractivity contribution in [1.82, 2.24) is 10.6 Å². The minimum Gasteiger partial charge on any atom is -0.465 e. The first kappa shape index (κ1) is 35.6. The van der Waals surface area contributed by atoms with Gasteiger partial charge in [0, 0.05) is 41.8 Å². The molecule has 4 aromatic carbocycles. The Morgan fingerprint density at radius 2 is 1.59 bits per heavy atom. The summed E-state index contributed by atoms with van der Waals surface area (Å²) in [6, 6.07) is 31.1. The van der Waals surface area contributed by atoms with E-state index in [1.807, 2.05) is 97.1 Å². The van der Waals surface area contributed by atoms with Crippen LogP contribution in [0.2, 0.25) is 0 Å². The molecule has 256 valence electrons. The highest BCUT2D eigenvalue weighted by molar-refractivity contribution is 7.99. The van der Waals surface area contributed by atoms with Crippen molar-refractivity contribution in [2.45, 2.75) is 56.8 Å². The fourth-order valence-electron chi connectivity index (χ4n) is 5.35. The summed E-state index contributed by atoms with van der Waals surface area (Å²) in [5, 5.41) is 17.6. The number of benzene rings is 4. The molecule has 11 heteroatoms. The Kier molecular flexibility index (Phi) is 12.8. The van der Waals surface area contributed by atoms with Gasteiger partial charge < -0.3 is 35.3 Å². The zero-order valence-corrected chi connectivity index (χ0v) is 28.3. The number of nitrogens with one attached hydrogen (secondary N) is 3. The van der Waals surface area contributed by atoms with Crippen molar-refractivity contribution < 1.29 is 33.7 Å². The highest BCUT2D eigenvalue weighted by Crippen LogP contribution is 2.40. The number of hydrogen-bond acceptors (Lipinski definition) is 8. The van der Waals surface area contributed by atoms with Crippen molar-refractivity contribution in [3.8, 4) is 11.1 Å². The molecule has 1 aliphatic rings. The molecule has 3 amide bonds. The number of urea groups is 1. The molecule has 0 aliphatic carbocycles. The molecular weight excluding hydrogens is 642 g/mol. The number of aliphatic hydroxyl groups is 1. The summed E-state index contributed by atoms with van der Waals surface area (Å²) >= 11 is 1.69. The first-order valence-corrected chi connectivity index (χ1v) is 17.2. The molecule has 1 fully saturated rings. The normalized spacial score (nSPS) is 17.2. The van der Waals surface area contributed by atoms with Crippen molar-refractivity contribution in [3.63, 3.8) is 0 Å². The molecule has 1 aliphatic heterocycles. The van der Waals surface area contributed by atoms with Crippen LogP contribution in [-0.2, 0) is 37.0 Å². The van der Waals surface area contributed by atoms with Gasteiger partial charge in [-0.15, -0.1) is 11.8 Å². The highest BCUT2D eigenvalue weighted by Gasteiger charge is 2.32. The molecule has 4 N–H and O–H groups in total. The molecule has 0 radical (unpaired) electrons. The monoisotopic (exact) mass is 683 g/mol. The molecule has 3 atom stereocenters. The lowest BCUT2D eigenvalue weighted by Crippen LogP contribution is -2.38. The maximum Gasteiger partial charge on any atom is 0.325 e. The molecule has 0 unspecified atom stereocenters. The van der Waals surface area contributed by atoms with Crippen LogP contribution in [0.25, 0.3) is 11.1 Å². The van der Waals surface area contributed by atoms with Crippen molar-refractivity contribution >= 4 is 35.4 Å². The van der Waals surface area contributed by atoms with Crippen LogP contribution < -0.4 is 16.0 Å². The Balaban J connectivity index is 1.25. The predicted molar refractivity (Wildman–Crippen MR) is 189 cm³/mol. The van der Waals surface area contributed by atoms with E-state index in [0.717, 1.165) is 44.0 Å². The zero-order valence-electron chi connectivity index (χ0n) is 27.5. The van der Waals surface area contributed by atoms with Gasteiger partial charge in [-0.3, -0.25) is 9.59 Å². The third kappa shape index (κ3) is 10.7.